The molecule has 1 unspecified atom stereocenters. The average Bonchev–Trinajstić information content (AvgIpc) is 3.20. The van der Waals surface area contributed by atoms with E-state index in [9.17, 15) is 4.79 Å². The maximum absolute atomic E-state index is 15.1. The molecule has 1 N–H and O–H groups in total. The maximum Gasteiger partial charge on any atom is 0.306 e. The van der Waals surface area contributed by atoms with Crippen molar-refractivity contribution in [2.45, 2.75) is 38.8 Å². The normalized spacial score (nSPS) is 18.3. The van der Waals surface area contributed by atoms with Crippen molar-refractivity contribution in [2.24, 2.45) is 5.92 Å². The van der Waals surface area contributed by atoms with Gasteiger partial charge in [-0.2, -0.15) is 0 Å². The highest BCUT2D eigenvalue weighted by molar-refractivity contribution is 6.39. The van der Waals surface area contributed by atoms with E-state index in [1.807, 2.05) is 20.8 Å². The number of hydrogen-bond donors (Lipinski definition) is 1. The monoisotopic (exact) mass is 527 g/mol. The van der Waals surface area contributed by atoms with Gasteiger partial charge in [-0.15, -0.1) is 0 Å². The molecule has 1 fully saturated rings. The third-order valence-electron chi connectivity index (χ3n) is 5.14. The van der Waals surface area contributed by atoms with Gasteiger partial charge in [0.1, 0.15) is 22.9 Å². The molecule has 1 aliphatic heterocycles. The van der Waals surface area contributed by atoms with Crippen LogP contribution in [0.5, 0.6) is 11.5 Å². The molecule has 2 heterocycles. The predicted octanol–water partition coefficient (Wildman–Crippen LogP) is 5.43. The molecule has 0 spiro atoms. The van der Waals surface area contributed by atoms with Crippen molar-refractivity contribution in [1.29, 1.82) is 0 Å². The Bertz CT molecular complexity index is 1060. The van der Waals surface area contributed by atoms with Crippen molar-refractivity contribution in [3.63, 3.8) is 0 Å². The minimum absolute atomic E-state index is 0.0171. The van der Waals surface area contributed by atoms with Crippen LogP contribution in [0.25, 0.3) is 11.9 Å². The highest BCUT2D eigenvalue weighted by Crippen LogP contribution is 2.44. The van der Waals surface area contributed by atoms with Gasteiger partial charge in [0, 0.05) is 29.9 Å². The number of nitrogens with one attached hydrogen (secondary N) is 1. The summed E-state index contributed by atoms with van der Waals surface area (Å²) in [5.74, 6) is -0.306. The summed E-state index contributed by atoms with van der Waals surface area (Å²) in [5.41, 5.74) is -0.221. The Labute approximate surface area is 213 Å². The summed E-state index contributed by atoms with van der Waals surface area (Å²) in [6.07, 6.45) is 4.33. The number of benzene rings is 1. The second-order valence-electron chi connectivity index (χ2n) is 8.96. The molecular formula is C24H28Cl2FN3O5. The van der Waals surface area contributed by atoms with Crippen molar-refractivity contribution in [3.8, 4) is 11.5 Å². The lowest BCUT2D eigenvalue weighted by Gasteiger charge is -2.22. The number of nitrogens with zero attached hydrogens (tertiary/aromatic N) is 2. The number of aromatic nitrogens is 2. The number of rotatable bonds is 8. The minimum atomic E-state index is -0.705. The molecule has 1 aromatic carbocycles. The first kappa shape index (κ1) is 27.0. The topological polar surface area (TPSA) is 91.8 Å². The molecule has 190 valence electrons. The molecule has 1 saturated heterocycles. The summed E-state index contributed by atoms with van der Waals surface area (Å²) < 4.78 is 36.4. The van der Waals surface area contributed by atoms with Crippen molar-refractivity contribution < 1.29 is 28.1 Å². The fraction of sp³-hybridized carbons (Fsp3) is 0.458. The van der Waals surface area contributed by atoms with E-state index in [2.05, 4.69) is 15.3 Å². The summed E-state index contributed by atoms with van der Waals surface area (Å²) in [4.78, 5) is 20.7. The van der Waals surface area contributed by atoms with Gasteiger partial charge in [0.05, 0.1) is 55.5 Å². The van der Waals surface area contributed by atoms with Gasteiger partial charge in [0.15, 0.2) is 0 Å². The molecule has 0 radical (unpaired) electrons. The van der Waals surface area contributed by atoms with Crippen LogP contribution in [-0.4, -0.2) is 55.0 Å². The first-order chi connectivity index (χ1) is 16.5. The number of halogens is 3. The minimum Gasteiger partial charge on any atom is -0.495 e. The molecule has 0 aliphatic carbocycles. The number of carbonyl (C=O) groups is 1. The van der Waals surface area contributed by atoms with Crippen LogP contribution in [0.2, 0.25) is 10.0 Å². The number of hydrogen-bond acceptors (Lipinski definition) is 8. The average molecular weight is 528 g/mol. The molecule has 0 saturated carbocycles. The van der Waals surface area contributed by atoms with E-state index in [0.717, 1.165) is 0 Å². The Morgan fingerprint density at radius 2 is 1.77 bits per heavy atom. The summed E-state index contributed by atoms with van der Waals surface area (Å²) in [5, 5.41) is 3.21. The first-order valence-corrected chi connectivity index (χ1v) is 11.6. The quantitative estimate of drug-likeness (QED) is 0.454. The Balaban J connectivity index is 1.72. The van der Waals surface area contributed by atoms with E-state index in [1.165, 1.54) is 38.8 Å². The fourth-order valence-electron chi connectivity index (χ4n) is 3.52. The van der Waals surface area contributed by atoms with Crippen LogP contribution >= 0.6 is 23.2 Å². The number of ether oxygens (including phenoxy) is 4. The van der Waals surface area contributed by atoms with Crippen LogP contribution in [0.4, 0.5) is 10.3 Å². The lowest BCUT2D eigenvalue weighted by Crippen LogP contribution is -2.32. The van der Waals surface area contributed by atoms with E-state index < -0.39 is 11.4 Å². The molecule has 0 amide bonds. The molecule has 1 aromatic heterocycles. The molecule has 3 rings (SSSR count). The van der Waals surface area contributed by atoms with Crippen molar-refractivity contribution >= 4 is 47.0 Å². The van der Waals surface area contributed by atoms with Gasteiger partial charge in [-0.3, -0.25) is 4.79 Å². The number of esters is 1. The Morgan fingerprint density at radius 3 is 2.31 bits per heavy atom. The lowest BCUT2D eigenvalue weighted by atomic mass is 10.00. The standard InChI is InChI=1S/C24H28Cl2FN3O5/c1-24(2,3)35-19(31)7-14-11-34-12-16(14)30-23-28-9-13(10-29-23)6-15(27)20-21(25)17(32-4)8-18(33-5)22(20)26/h6,8-10,14,16H,7,11-12H2,1-5H3,(H,28,29,30)/b15-6-/t14?,16-/m1/s1. The zero-order valence-electron chi connectivity index (χ0n) is 20.2. The molecule has 2 aromatic rings. The largest absolute Gasteiger partial charge is 0.495 e. The Hall–Kier alpha value is -2.62. The molecular weight excluding hydrogens is 500 g/mol. The summed E-state index contributed by atoms with van der Waals surface area (Å²) in [6.45, 7) is 6.30. The highest BCUT2D eigenvalue weighted by Gasteiger charge is 2.32. The van der Waals surface area contributed by atoms with Crippen LogP contribution in [0.3, 0.4) is 0 Å². The number of methoxy groups -OCH3 is 2. The second kappa shape index (κ2) is 11.4. The Morgan fingerprint density at radius 1 is 1.17 bits per heavy atom. The first-order valence-electron chi connectivity index (χ1n) is 10.9. The van der Waals surface area contributed by atoms with Crippen molar-refractivity contribution in [3.05, 3.63) is 39.6 Å². The van der Waals surface area contributed by atoms with Gasteiger partial charge in [-0.25, -0.2) is 14.4 Å². The van der Waals surface area contributed by atoms with Gasteiger partial charge in [-0.1, -0.05) is 23.2 Å². The van der Waals surface area contributed by atoms with E-state index in [1.54, 1.807) is 0 Å². The third kappa shape index (κ3) is 6.96. The number of carbonyl (C=O) groups excluding carboxylic acids is 1. The SMILES string of the molecule is COc1cc(OC)c(Cl)c(/C(F)=C/c2cnc(N[C@@H]3COCC3CC(=O)OC(C)(C)C)nc2)c1Cl. The lowest BCUT2D eigenvalue weighted by molar-refractivity contribution is -0.156. The second-order valence-corrected chi connectivity index (χ2v) is 9.71. The molecule has 8 nitrogen and oxygen atoms in total. The molecule has 1 aliphatic rings. The van der Waals surface area contributed by atoms with E-state index in [0.29, 0.717) is 24.7 Å². The van der Waals surface area contributed by atoms with E-state index in [4.69, 9.17) is 42.1 Å². The third-order valence-corrected chi connectivity index (χ3v) is 5.89. The fourth-order valence-corrected chi connectivity index (χ4v) is 4.20. The molecule has 0 bridgehead atoms. The summed E-state index contributed by atoms with van der Waals surface area (Å²) >= 11 is 12.6. The zero-order chi connectivity index (χ0) is 25.8. The maximum atomic E-state index is 15.1. The predicted molar refractivity (Wildman–Crippen MR) is 133 cm³/mol. The van der Waals surface area contributed by atoms with Gasteiger partial charge in [-0.05, 0) is 26.8 Å². The van der Waals surface area contributed by atoms with Gasteiger partial charge in [0.25, 0.3) is 0 Å². The van der Waals surface area contributed by atoms with E-state index >= 15 is 4.39 Å². The van der Waals surface area contributed by atoms with Gasteiger partial charge < -0.3 is 24.3 Å². The molecule has 35 heavy (non-hydrogen) atoms. The summed E-state index contributed by atoms with van der Waals surface area (Å²) in [6, 6.07) is 1.32. The molecule has 11 heteroatoms. The van der Waals surface area contributed by atoms with Crippen LogP contribution in [0, 0.1) is 5.92 Å². The van der Waals surface area contributed by atoms with Gasteiger partial charge >= 0.3 is 5.97 Å². The Kier molecular flexibility index (Phi) is 8.79. The van der Waals surface area contributed by atoms with E-state index in [-0.39, 0.29) is 51.5 Å². The van der Waals surface area contributed by atoms with Crippen molar-refractivity contribution in [2.75, 3.05) is 32.8 Å². The smallest absolute Gasteiger partial charge is 0.306 e. The highest BCUT2D eigenvalue weighted by atomic mass is 35.5. The van der Waals surface area contributed by atoms with Crippen LogP contribution < -0.4 is 14.8 Å². The summed E-state index contributed by atoms with van der Waals surface area (Å²) in [7, 11) is 2.82. The van der Waals surface area contributed by atoms with Crippen LogP contribution in [0.1, 0.15) is 38.3 Å². The molecule has 2 atom stereocenters. The van der Waals surface area contributed by atoms with Crippen LogP contribution in [0.15, 0.2) is 18.5 Å². The number of anilines is 1. The zero-order valence-corrected chi connectivity index (χ0v) is 21.7. The van der Waals surface area contributed by atoms with Crippen LogP contribution in [-0.2, 0) is 14.3 Å². The van der Waals surface area contributed by atoms with Crippen molar-refractivity contribution in [1.82, 2.24) is 9.97 Å². The van der Waals surface area contributed by atoms with Gasteiger partial charge in [0.2, 0.25) is 5.95 Å².